The van der Waals surface area contributed by atoms with Crippen molar-refractivity contribution >= 4 is 17.4 Å². The van der Waals surface area contributed by atoms with E-state index < -0.39 is 11.7 Å². The Morgan fingerprint density at radius 1 is 1.33 bits per heavy atom. The lowest BCUT2D eigenvalue weighted by atomic mass is 10.0. The molecule has 156 valence electrons. The molecular weight excluding hydrogens is 392 g/mol. The number of carbonyl (C=O) groups excluding carboxylic acids is 1. The molecule has 0 unspecified atom stereocenters. The molecule has 1 N–H and O–H groups in total. The fourth-order valence-corrected chi connectivity index (χ4v) is 4.07. The number of amides is 1. The van der Waals surface area contributed by atoms with Crippen LogP contribution in [0.25, 0.3) is 5.65 Å². The van der Waals surface area contributed by atoms with E-state index in [-0.39, 0.29) is 30.7 Å². The smallest absolute Gasteiger partial charge is 0.257 e. The van der Waals surface area contributed by atoms with E-state index in [0.29, 0.717) is 35.8 Å². The highest BCUT2D eigenvalue weighted by atomic mass is 19.1. The molecule has 4 heterocycles. The quantitative estimate of drug-likeness (QED) is 0.712. The highest BCUT2D eigenvalue weighted by Crippen LogP contribution is 2.37. The molecule has 0 bridgehead atoms. The van der Waals surface area contributed by atoms with Gasteiger partial charge in [-0.3, -0.25) is 4.79 Å². The SMILES string of the molecule is CC1(NC(=O)c2cnn3ccc(N4C[C@@H](F)C[C@@H]4c4cccc(F)c4)nc23)COC1. The average Bonchev–Trinajstić information content (AvgIpc) is 3.29. The van der Waals surface area contributed by atoms with Gasteiger partial charge in [0.25, 0.3) is 5.91 Å². The third-order valence-corrected chi connectivity index (χ3v) is 5.63. The van der Waals surface area contributed by atoms with E-state index in [1.807, 2.05) is 11.8 Å². The summed E-state index contributed by atoms with van der Waals surface area (Å²) in [5, 5.41) is 7.16. The van der Waals surface area contributed by atoms with E-state index in [1.165, 1.54) is 22.8 Å². The number of ether oxygens (including phenoxy) is 1. The van der Waals surface area contributed by atoms with Crippen molar-refractivity contribution in [3.05, 3.63) is 59.7 Å². The van der Waals surface area contributed by atoms with Crippen LogP contribution in [0.5, 0.6) is 0 Å². The van der Waals surface area contributed by atoms with Crippen LogP contribution in [-0.4, -0.2) is 52.0 Å². The zero-order valence-electron chi connectivity index (χ0n) is 16.4. The van der Waals surface area contributed by atoms with Gasteiger partial charge in [0.2, 0.25) is 0 Å². The van der Waals surface area contributed by atoms with Gasteiger partial charge in [-0.1, -0.05) is 12.1 Å². The molecule has 7 nitrogen and oxygen atoms in total. The molecule has 2 fully saturated rings. The summed E-state index contributed by atoms with van der Waals surface area (Å²) in [6, 6.07) is 7.59. The predicted molar refractivity (Wildman–Crippen MR) is 106 cm³/mol. The summed E-state index contributed by atoms with van der Waals surface area (Å²) in [5.41, 5.74) is 1.01. The Morgan fingerprint density at radius 2 is 2.17 bits per heavy atom. The minimum absolute atomic E-state index is 0.148. The van der Waals surface area contributed by atoms with Crippen molar-refractivity contribution in [3.8, 4) is 0 Å². The van der Waals surface area contributed by atoms with Crippen molar-refractivity contribution in [2.75, 3.05) is 24.7 Å². The largest absolute Gasteiger partial charge is 0.376 e. The monoisotopic (exact) mass is 413 g/mol. The number of anilines is 1. The predicted octanol–water partition coefficient (Wildman–Crippen LogP) is 2.68. The van der Waals surface area contributed by atoms with Gasteiger partial charge < -0.3 is 15.0 Å². The lowest BCUT2D eigenvalue weighted by Crippen LogP contribution is -2.59. The number of halogens is 2. The molecule has 0 saturated carbocycles. The lowest BCUT2D eigenvalue weighted by molar-refractivity contribution is -0.0593. The highest BCUT2D eigenvalue weighted by molar-refractivity contribution is 6.00. The Morgan fingerprint density at radius 3 is 2.90 bits per heavy atom. The third-order valence-electron chi connectivity index (χ3n) is 5.63. The summed E-state index contributed by atoms with van der Waals surface area (Å²) in [5.74, 6) is -0.127. The standard InChI is InChI=1S/C21H21F2N5O2/c1-21(11-30-12-21)26-20(29)16-9-24-28-6-5-18(25-19(16)28)27-10-15(23)8-17(27)13-3-2-4-14(22)7-13/h2-7,9,15,17H,8,10-12H2,1H3,(H,26,29)/t15-,17+/m0/s1. The van der Waals surface area contributed by atoms with Gasteiger partial charge in [-0.05, 0) is 30.7 Å². The van der Waals surface area contributed by atoms with Crippen LogP contribution in [-0.2, 0) is 4.74 Å². The molecule has 5 rings (SSSR count). The number of benzene rings is 1. The van der Waals surface area contributed by atoms with E-state index in [1.54, 1.807) is 24.4 Å². The molecule has 2 saturated heterocycles. The zero-order valence-corrected chi connectivity index (χ0v) is 16.4. The van der Waals surface area contributed by atoms with Gasteiger partial charge >= 0.3 is 0 Å². The first-order valence-corrected chi connectivity index (χ1v) is 9.83. The minimum Gasteiger partial charge on any atom is -0.376 e. The first kappa shape index (κ1) is 18.9. The normalized spacial score (nSPS) is 22.8. The summed E-state index contributed by atoms with van der Waals surface area (Å²) < 4.78 is 34.8. The minimum atomic E-state index is -1.05. The van der Waals surface area contributed by atoms with Gasteiger partial charge in [-0.15, -0.1) is 0 Å². The van der Waals surface area contributed by atoms with E-state index in [4.69, 9.17) is 4.74 Å². The molecule has 3 aromatic rings. The second kappa shape index (κ2) is 7.02. The third kappa shape index (κ3) is 3.28. The number of nitrogens with zero attached hydrogens (tertiary/aromatic N) is 4. The first-order chi connectivity index (χ1) is 14.4. The molecule has 0 radical (unpaired) electrons. The van der Waals surface area contributed by atoms with Crippen LogP contribution in [0.2, 0.25) is 0 Å². The Kier molecular flexibility index (Phi) is 4.43. The average molecular weight is 413 g/mol. The van der Waals surface area contributed by atoms with Crippen molar-refractivity contribution in [2.45, 2.75) is 31.1 Å². The Labute approximate surface area is 171 Å². The molecule has 1 aromatic carbocycles. The number of alkyl halides is 1. The summed E-state index contributed by atoms with van der Waals surface area (Å²) in [7, 11) is 0. The molecule has 0 spiro atoms. The van der Waals surface area contributed by atoms with Crippen LogP contribution in [0, 0.1) is 5.82 Å². The van der Waals surface area contributed by atoms with Crippen LogP contribution in [0.15, 0.2) is 42.7 Å². The number of carbonyl (C=O) groups is 1. The molecule has 0 aliphatic carbocycles. The van der Waals surface area contributed by atoms with Crippen molar-refractivity contribution in [3.63, 3.8) is 0 Å². The first-order valence-electron chi connectivity index (χ1n) is 9.83. The van der Waals surface area contributed by atoms with E-state index in [0.717, 1.165) is 0 Å². The number of fused-ring (bicyclic) bond motifs is 1. The Bertz CT molecular complexity index is 1110. The maximum atomic E-state index is 14.3. The molecule has 2 aromatic heterocycles. The van der Waals surface area contributed by atoms with Crippen LogP contribution in [0.4, 0.5) is 14.6 Å². The Hall–Kier alpha value is -3.07. The lowest BCUT2D eigenvalue weighted by Gasteiger charge is -2.38. The van der Waals surface area contributed by atoms with E-state index in [2.05, 4.69) is 15.4 Å². The fourth-order valence-electron chi connectivity index (χ4n) is 4.07. The number of hydrogen-bond acceptors (Lipinski definition) is 5. The number of nitrogens with one attached hydrogen (secondary N) is 1. The van der Waals surface area contributed by atoms with Crippen LogP contribution in [0.3, 0.4) is 0 Å². The molecule has 2 aliphatic rings. The molecule has 1 amide bonds. The van der Waals surface area contributed by atoms with Crippen LogP contribution >= 0.6 is 0 Å². The van der Waals surface area contributed by atoms with Crippen molar-refractivity contribution in [2.24, 2.45) is 0 Å². The van der Waals surface area contributed by atoms with Gasteiger partial charge in [0.1, 0.15) is 23.4 Å². The number of hydrogen-bond donors (Lipinski definition) is 1. The van der Waals surface area contributed by atoms with Crippen molar-refractivity contribution < 1.29 is 18.3 Å². The van der Waals surface area contributed by atoms with Crippen LogP contribution < -0.4 is 10.2 Å². The second-order valence-electron chi connectivity index (χ2n) is 8.18. The second-order valence-corrected chi connectivity index (χ2v) is 8.18. The summed E-state index contributed by atoms with van der Waals surface area (Å²) in [6.45, 7) is 2.97. The summed E-state index contributed by atoms with van der Waals surface area (Å²) in [4.78, 5) is 19.2. The van der Waals surface area contributed by atoms with Gasteiger partial charge in [0, 0.05) is 12.6 Å². The maximum absolute atomic E-state index is 14.3. The Balaban J connectivity index is 1.48. The van der Waals surface area contributed by atoms with E-state index in [9.17, 15) is 13.6 Å². The molecule has 2 atom stereocenters. The summed E-state index contributed by atoms with van der Waals surface area (Å²) >= 11 is 0. The number of rotatable bonds is 4. The van der Waals surface area contributed by atoms with Gasteiger partial charge in [0.05, 0.1) is 37.5 Å². The molecule has 9 heteroatoms. The summed E-state index contributed by atoms with van der Waals surface area (Å²) in [6.07, 6.45) is 2.36. The fraction of sp³-hybridized carbons (Fsp3) is 0.381. The van der Waals surface area contributed by atoms with Gasteiger partial charge in [0.15, 0.2) is 5.65 Å². The van der Waals surface area contributed by atoms with Crippen molar-refractivity contribution in [1.29, 1.82) is 0 Å². The van der Waals surface area contributed by atoms with E-state index >= 15 is 0 Å². The zero-order chi connectivity index (χ0) is 20.9. The highest BCUT2D eigenvalue weighted by Gasteiger charge is 2.37. The van der Waals surface area contributed by atoms with Gasteiger partial charge in [-0.2, -0.15) is 5.10 Å². The number of aromatic nitrogens is 3. The molecule has 2 aliphatic heterocycles. The van der Waals surface area contributed by atoms with Crippen LogP contribution in [0.1, 0.15) is 35.3 Å². The molecular formula is C21H21F2N5O2. The topological polar surface area (TPSA) is 71.8 Å². The van der Waals surface area contributed by atoms with Crippen molar-refractivity contribution in [1.82, 2.24) is 19.9 Å². The maximum Gasteiger partial charge on any atom is 0.257 e. The van der Waals surface area contributed by atoms with Gasteiger partial charge in [-0.25, -0.2) is 18.3 Å². The molecule has 30 heavy (non-hydrogen) atoms.